The molecule has 182 valence electrons. The van der Waals surface area contributed by atoms with Gasteiger partial charge in [0.25, 0.3) is 5.69 Å². The van der Waals surface area contributed by atoms with Crippen LogP contribution in [0.2, 0.25) is 0 Å². The predicted octanol–water partition coefficient (Wildman–Crippen LogP) is 2.67. The summed E-state index contributed by atoms with van der Waals surface area (Å²) in [7, 11) is 0. The van der Waals surface area contributed by atoms with E-state index in [1.165, 1.54) is 17.0 Å². The van der Waals surface area contributed by atoms with Gasteiger partial charge in [0.2, 0.25) is 0 Å². The zero-order chi connectivity index (χ0) is 24.4. The normalized spacial score (nSPS) is 18.7. The zero-order valence-corrected chi connectivity index (χ0v) is 18.9. The molecule has 12 heteroatoms. The number of carbonyl (C=O) groups is 1. The average Bonchev–Trinajstić information content (AvgIpc) is 3.49. The molecule has 0 aliphatic carbocycles. The molecular weight excluding hydrogens is 457 g/mol. The van der Waals surface area contributed by atoms with Crippen molar-refractivity contribution < 1.29 is 18.8 Å². The highest BCUT2D eigenvalue weighted by molar-refractivity contribution is 5.90. The number of rotatable bonds is 7. The van der Waals surface area contributed by atoms with E-state index in [4.69, 9.17) is 4.74 Å². The fourth-order valence-corrected chi connectivity index (χ4v) is 4.50. The zero-order valence-electron chi connectivity index (χ0n) is 18.9. The highest BCUT2D eigenvalue weighted by Crippen LogP contribution is 2.29. The number of ether oxygens (including phenoxy) is 1. The van der Waals surface area contributed by atoms with E-state index in [0.29, 0.717) is 62.8 Å². The summed E-state index contributed by atoms with van der Waals surface area (Å²) in [6, 6.07) is 11.5. The molecule has 0 spiro atoms. The summed E-state index contributed by atoms with van der Waals surface area (Å²) in [4.78, 5) is 28.7. The molecule has 0 saturated carbocycles. The topological polar surface area (TPSA) is 110 Å². The van der Waals surface area contributed by atoms with Gasteiger partial charge in [0.15, 0.2) is 0 Å². The first kappa shape index (κ1) is 22.7. The van der Waals surface area contributed by atoms with Crippen molar-refractivity contribution in [2.75, 3.05) is 42.5 Å². The summed E-state index contributed by atoms with van der Waals surface area (Å²) in [5, 5.41) is 18.9. The van der Waals surface area contributed by atoms with E-state index in [1.807, 2.05) is 4.90 Å². The van der Waals surface area contributed by atoms with Gasteiger partial charge in [-0.15, -0.1) is 5.10 Å². The number of benzene rings is 2. The van der Waals surface area contributed by atoms with Gasteiger partial charge in [0, 0.05) is 50.6 Å². The molecule has 0 N–H and O–H groups in total. The Bertz CT molecular complexity index is 1210. The highest BCUT2D eigenvalue weighted by atomic mass is 19.1. The molecule has 1 aromatic heterocycles. The van der Waals surface area contributed by atoms with E-state index in [1.54, 1.807) is 47.4 Å². The molecule has 0 bridgehead atoms. The van der Waals surface area contributed by atoms with Crippen LogP contribution in [-0.4, -0.2) is 69.7 Å². The van der Waals surface area contributed by atoms with Crippen molar-refractivity contribution in [2.45, 2.75) is 19.2 Å². The van der Waals surface area contributed by atoms with E-state index < -0.39 is 18.0 Å². The first-order valence-electron chi connectivity index (χ1n) is 11.3. The van der Waals surface area contributed by atoms with Crippen molar-refractivity contribution in [2.24, 2.45) is 0 Å². The van der Waals surface area contributed by atoms with Gasteiger partial charge in [-0.3, -0.25) is 19.9 Å². The lowest BCUT2D eigenvalue weighted by molar-refractivity contribution is -0.385. The number of hydrogen-bond donors (Lipinski definition) is 0. The summed E-state index contributed by atoms with van der Waals surface area (Å²) in [5.74, 6) is -0.415. The van der Waals surface area contributed by atoms with Gasteiger partial charge in [0.05, 0.1) is 35.6 Å². The molecule has 11 nitrogen and oxygen atoms in total. The molecular formula is C23H24FN7O4. The number of cyclic esters (lactones) is 1. The molecule has 35 heavy (non-hydrogen) atoms. The average molecular weight is 481 g/mol. The van der Waals surface area contributed by atoms with Crippen LogP contribution in [0.15, 0.2) is 54.9 Å². The van der Waals surface area contributed by atoms with Crippen molar-refractivity contribution in [1.82, 2.24) is 19.9 Å². The predicted molar refractivity (Wildman–Crippen MR) is 125 cm³/mol. The minimum absolute atomic E-state index is 0.112. The minimum atomic E-state index is -0.522. The van der Waals surface area contributed by atoms with Crippen molar-refractivity contribution in [1.29, 1.82) is 0 Å². The van der Waals surface area contributed by atoms with Crippen LogP contribution in [0.4, 0.5) is 26.2 Å². The molecule has 2 aliphatic heterocycles. The molecule has 3 heterocycles. The minimum Gasteiger partial charge on any atom is -0.442 e. The Morgan fingerprint density at radius 1 is 1.14 bits per heavy atom. The van der Waals surface area contributed by atoms with Crippen LogP contribution in [0.3, 0.4) is 0 Å². The number of para-hydroxylation sites is 1. The van der Waals surface area contributed by atoms with Crippen LogP contribution >= 0.6 is 0 Å². The van der Waals surface area contributed by atoms with E-state index in [9.17, 15) is 14.9 Å². The fourth-order valence-electron chi connectivity index (χ4n) is 4.50. The van der Waals surface area contributed by atoms with Crippen LogP contribution < -0.4 is 9.80 Å². The summed E-state index contributed by atoms with van der Waals surface area (Å²) in [6.45, 7) is 3.61. The number of aromatic nitrogens is 3. The molecule has 1 amide bonds. The molecule has 0 radical (unpaired) electrons. The van der Waals surface area contributed by atoms with Gasteiger partial charge in [-0.05, 0) is 18.2 Å². The standard InChI is InChI=1S/C23H24FN7O4/c24-20-13-18(30-16-19(35-23(30)32)15-29-8-7-25-26-29)5-6-22(20)28-11-9-27(10-12-28)14-17-3-1-2-4-21(17)31(33)34/h1-8,13,19H,9-12,14-16H2/t19-/m0/s1. The lowest BCUT2D eigenvalue weighted by Gasteiger charge is -2.36. The van der Waals surface area contributed by atoms with Gasteiger partial charge in [-0.1, -0.05) is 23.4 Å². The Balaban J connectivity index is 1.20. The van der Waals surface area contributed by atoms with Crippen molar-refractivity contribution >= 4 is 23.2 Å². The van der Waals surface area contributed by atoms with Gasteiger partial charge < -0.3 is 9.64 Å². The second kappa shape index (κ2) is 9.66. The molecule has 2 aliphatic rings. The number of nitro benzene ring substituents is 1. The summed E-state index contributed by atoms with van der Waals surface area (Å²) < 4.78 is 22.0. The van der Waals surface area contributed by atoms with Crippen LogP contribution in [0, 0.1) is 15.9 Å². The Labute approximate surface area is 200 Å². The van der Waals surface area contributed by atoms with E-state index in [0.717, 1.165) is 0 Å². The number of amides is 1. The molecule has 2 saturated heterocycles. The van der Waals surface area contributed by atoms with Crippen LogP contribution in [-0.2, 0) is 17.8 Å². The maximum atomic E-state index is 15.1. The third kappa shape index (κ3) is 4.92. The van der Waals surface area contributed by atoms with Gasteiger partial charge in [0.1, 0.15) is 11.9 Å². The van der Waals surface area contributed by atoms with Gasteiger partial charge in [-0.2, -0.15) is 0 Å². The first-order valence-corrected chi connectivity index (χ1v) is 11.3. The molecule has 3 aromatic rings. The van der Waals surface area contributed by atoms with E-state index in [2.05, 4.69) is 15.2 Å². The van der Waals surface area contributed by atoms with Crippen LogP contribution in [0.25, 0.3) is 0 Å². The number of halogens is 1. The smallest absolute Gasteiger partial charge is 0.414 e. The second-order valence-corrected chi connectivity index (χ2v) is 8.53. The van der Waals surface area contributed by atoms with Gasteiger partial charge in [-0.25, -0.2) is 13.9 Å². The molecule has 5 rings (SSSR count). The number of hydrogen-bond acceptors (Lipinski definition) is 8. The Hall–Kier alpha value is -4.06. The maximum Gasteiger partial charge on any atom is 0.414 e. The Kier molecular flexibility index (Phi) is 6.27. The third-order valence-corrected chi connectivity index (χ3v) is 6.27. The fraction of sp³-hybridized carbons (Fsp3) is 0.348. The monoisotopic (exact) mass is 481 g/mol. The maximum absolute atomic E-state index is 15.1. The van der Waals surface area contributed by atoms with E-state index >= 15 is 4.39 Å². The highest BCUT2D eigenvalue weighted by Gasteiger charge is 2.33. The largest absolute Gasteiger partial charge is 0.442 e. The molecule has 2 fully saturated rings. The number of piperazine rings is 1. The Morgan fingerprint density at radius 2 is 1.94 bits per heavy atom. The lowest BCUT2D eigenvalue weighted by Crippen LogP contribution is -2.46. The summed E-state index contributed by atoms with van der Waals surface area (Å²) in [6.07, 6.45) is 2.31. The lowest BCUT2D eigenvalue weighted by atomic mass is 10.1. The number of nitro groups is 1. The number of carbonyl (C=O) groups excluding carboxylic acids is 1. The number of nitrogens with zero attached hydrogens (tertiary/aromatic N) is 7. The van der Waals surface area contributed by atoms with Gasteiger partial charge >= 0.3 is 6.09 Å². The SMILES string of the molecule is O=C1O[C@@H](Cn2ccnn2)CN1c1ccc(N2CCN(Cc3ccccc3[N+](=O)[O-])CC2)c(F)c1. The first-order chi connectivity index (χ1) is 17.0. The summed E-state index contributed by atoms with van der Waals surface area (Å²) >= 11 is 0. The quantitative estimate of drug-likeness (QED) is 0.374. The molecule has 1 atom stereocenters. The molecule has 0 unspecified atom stereocenters. The number of anilines is 2. The van der Waals surface area contributed by atoms with Crippen molar-refractivity contribution in [3.63, 3.8) is 0 Å². The second-order valence-electron chi connectivity index (χ2n) is 8.53. The molecule has 2 aromatic carbocycles. The van der Waals surface area contributed by atoms with Crippen LogP contribution in [0.5, 0.6) is 0 Å². The van der Waals surface area contributed by atoms with Crippen LogP contribution in [0.1, 0.15) is 5.56 Å². The Morgan fingerprint density at radius 3 is 2.66 bits per heavy atom. The third-order valence-electron chi connectivity index (χ3n) is 6.27. The summed E-state index contributed by atoms with van der Waals surface area (Å²) in [5.41, 5.74) is 1.68. The van der Waals surface area contributed by atoms with Crippen molar-refractivity contribution in [3.8, 4) is 0 Å². The van der Waals surface area contributed by atoms with Crippen molar-refractivity contribution in [3.05, 3.63) is 76.4 Å². The van der Waals surface area contributed by atoms with E-state index in [-0.39, 0.29) is 10.6 Å².